The zero-order valence-corrected chi connectivity index (χ0v) is 16.2. The Morgan fingerprint density at radius 1 is 1.14 bits per heavy atom. The van der Waals surface area contributed by atoms with Gasteiger partial charge in [0.2, 0.25) is 0 Å². The van der Waals surface area contributed by atoms with E-state index >= 15 is 0 Å². The third kappa shape index (κ3) is 3.59. The number of fused-ring (bicyclic) bond motifs is 1. The molecule has 6 heteroatoms. The molecule has 1 atom stereocenters. The molecule has 0 fully saturated rings. The van der Waals surface area contributed by atoms with Crippen molar-refractivity contribution < 1.29 is 4.42 Å². The Labute approximate surface area is 163 Å². The summed E-state index contributed by atoms with van der Waals surface area (Å²) in [4.78, 5) is 18.2. The van der Waals surface area contributed by atoms with Gasteiger partial charge in [0.1, 0.15) is 18.2 Å². The molecule has 0 saturated carbocycles. The summed E-state index contributed by atoms with van der Waals surface area (Å²) in [5, 5.41) is 5.13. The van der Waals surface area contributed by atoms with Gasteiger partial charge < -0.3 is 4.42 Å². The SMILES string of the molecule is Cc1ccc2c(CN(C)C(C)c3ccc(-n4cncn4)cc3)cc(=O)oc2c1. The van der Waals surface area contributed by atoms with E-state index in [-0.39, 0.29) is 11.7 Å². The molecule has 2 heterocycles. The van der Waals surface area contributed by atoms with Crippen LogP contribution in [0.1, 0.15) is 29.7 Å². The van der Waals surface area contributed by atoms with Crippen LogP contribution in [0, 0.1) is 6.92 Å². The molecule has 28 heavy (non-hydrogen) atoms. The highest BCUT2D eigenvalue weighted by atomic mass is 16.4. The smallest absolute Gasteiger partial charge is 0.336 e. The number of hydrogen-bond donors (Lipinski definition) is 0. The summed E-state index contributed by atoms with van der Waals surface area (Å²) in [6.45, 7) is 4.79. The minimum Gasteiger partial charge on any atom is -0.423 e. The van der Waals surface area contributed by atoms with Crippen molar-refractivity contribution in [3.63, 3.8) is 0 Å². The fraction of sp³-hybridized carbons (Fsp3) is 0.227. The maximum absolute atomic E-state index is 12.0. The second kappa shape index (κ2) is 7.40. The number of aryl methyl sites for hydroxylation is 1. The average Bonchev–Trinajstić information content (AvgIpc) is 3.21. The lowest BCUT2D eigenvalue weighted by Gasteiger charge is -2.25. The molecule has 0 saturated heterocycles. The summed E-state index contributed by atoms with van der Waals surface area (Å²) in [5.74, 6) is 0. The van der Waals surface area contributed by atoms with E-state index in [2.05, 4.69) is 41.1 Å². The largest absolute Gasteiger partial charge is 0.423 e. The summed E-state index contributed by atoms with van der Waals surface area (Å²) in [5.41, 5.74) is 4.53. The van der Waals surface area contributed by atoms with Gasteiger partial charge in [-0.3, -0.25) is 4.90 Å². The quantitative estimate of drug-likeness (QED) is 0.496. The summed E-state index contributed by atoms with van der Waals surface area (Å²) >= 11 is 0. The van der Waals surface area contributed by atoms with Crippen molar-refractivity contribution in [2.45, 2.75) is 26.4 Å². The van der Waals surface area contributed by atoms with Gasteiger partial charge in [-0.2, -0.15) is 5.10 Å². The van der Waals surface area contributed by atoms with Crippen LogP contribution in [0.25, 0.3) is 16.7 Å². The Kier molecular flexibility index (Phi) is 4.79. The first kappa shape index (κ1) is 18.1. The first-order valence-corrected chi connectivity index (χ1v) is 9.20. The minimum atomic E-state index is -0.314. The summed E-state index contributed by atoms with van der Waals surface area (Å²) in [6, 6.07) is 16.0. The molecule has 0 radical (unpaired) electrons. The maximum Gasteiger partial charge on any atom is 0.336 e. The van der Waals surface area contributed by atoms with Crippen LogP contribution in [-0.2, 0) is 6.54 Å². The fourth-order valence-electron chi connectivity index (χ4n) is 3.38. The predicted octanol–water partition coefficient (Wildman–Crippen LogP) is 3.88. The van der Waals surface area contributed by atoms with Crippen LogP contribution in [0.2, 0.25) is 0 Å². The second-order valence-electron chi connectivity index (χ2n) is 7.11. The Morgan fingerprint density at radius 3 is 2.64 bits per heavy atom. The van der Waals surface area contributed by atoms with Crippen LogP contribution in [0.3, 0.4) is 0 Å². The van der Waals surface area contributed by atoms with Crippen molar-refractivity contribution in [1.29, 1.82) is 0 Å². The van der Waals surface area contributed by atoms with E-state index in [0.29, 0.717) is 12.1 Å². The highest BCUT2D eigenvalue weighted by molar-refractivity contribution is 5.80. The average molecular weight is 374 g/mol. The van der Waals surface area contributed by atoms with Crippen molar-refractivity contribution in [2.24, 2.45) is 0 Å². The number of hydrogen-bond acceptors (Lipinski definition) is 5. The van der Waals surface area contributed by atoms with E-state index in [0.717, 1.165) is 22.2 Å². The van der Waals surface area contributed by atoms with E-state index in [1.165, 1.54) is 11.9 Å². The molecule has 6 nitrogen and oxygen atoms in total. The van der Waals surface area contributed by atoms with Gasteiger partial charge in [-0.1, -0.05) is 24.3 Å². The van der Waals surface area contributed by atoms with Crippen molar-refractivity contribution >= 4 is 11.0 Å². The summed E-state index contributed by atoms with van der Waals surface area (Å²) < 4.78 is 7.10. The van der Waals surface area contributed by atoms with Crippen LogP contribution in [0.15, 0.2) is 70.4 Å². The Bertz CT molecular complexity index is 1150. The fourth-order valence-corrected chi connectivity index (χ4v) is 3.38. The molecule has 4 rings (SSSR count). The van der Waals surface area contributed by atoms with Crippen LogP contribution in [0.4, 0.5) is 0 Å². The zero-order chi connectivity index (χ0) is 19.7. The van der Waals surface area contributed by atoms with Gasteiger partial charge in [-0.05, 0) is 55.8 Å². The molecule has 142 valence electrons. The van der Waals surface area contributed by atoms with E-state index < -0.39 is 0 Å². The molecule has 1 unspecified atom stereocenters. The van der Waals surface area contributed by atoms with Gasteiger partial charge >= 0.3 is 5.63 Å². The lowest BCUT2D eigenvalue weighted by Crippen LogP contribution is -2.22. The van der Waals surface area contributed by atoms with Crippen molar-refractivity contribution in [3.8, 4) is 5.69 Å². The van der Waals surface area contributed by atoms with Gasteiger partial charge in [0, 0.05) is 24.0 Å². The molecule has 0 bridgehead atoms. The monoisotopic (exact) mass is 374 g/mol. The molecule has 0 aliphatic heterocycles. The third-order valence-corrected chi connectivity index (χ3v) is 5.13. The Balaban J connectivity index is 1.57. The zero-order valence-electron chi connectivity index (χ0n) is 16.2. The van der Waals surface area contributed by atoms with Crippen LogP contribution >= 0.6 is 0 Å². The minimum absolute atomic E-state index is 0.178. The molecule has 0 aliphatic carbocycles. The van der Waals surface area contributed by atoms with Crippen molar-refractivity contribution in [3.05, 3.63) is 88.3 Å². The molecule has 2 aromatic heterocycles. The van der Waals surface area contributed by atoms with Gasteiger partial charge in [0.25, 0.3) is 0 Å². The molecule has 4 aromatic rings. The van der Waals surface area contributed by atoms with Gasteiger partial charge in [-0.15, -0.1) is 0 Å². The van der Waals surface area contributed by atoms with Crippen LogP contribution < -0.4 is 5.63 Å². The Morgan fingerprint density at radius 2 is 1.93 bits per heavy atom. The van der Waals surface area contributed by atoms with Gasteiger partial charge in [-0.25, -0.2) is 14.5 Å². The lowest BCUT2D eigenvalue weighted by atomic mass is 10.0. The van der Waals surface area contributed by atoms with E-state index in [4.69, 9.17) is 4.42 Å². The van der Waals surface area contributed by atoms with Crippen molar-refractivity contribution in [2.75, 3.05) is 7.05 Å². The molecule has 0 N–H and O–H groups in total. The molecule has 0 spiro atoms. The highest BCUT2D eigenvalue weighted by Gasteiger charge is 2.15. The summed E-state index contributed by atoms with van der Waals surface area (Å²) in [6.07, 6.45) is 3.20. The first-order valence-electron chi connectivity index (χ1n) is 9.20. The molecule has 0 amide bonds. The standard InChI is InChI=1S/C22H22N4O2/c1-15-4-9-20-18(11-22(27)28-21(20)10-15)12-25(3)16(2)17-5-7-19(8-6-17)26-14-23-13-24-26/h4-11,13-14,16H,12H2,1-3H3. The molecular weight excluding hydrogens is 352 g/mol. The van der Waals surface area contributed by atoms with Crippen LogP contribution in [-0.4, -0.2) is 26.7 Å². The number of aromatic nitrogens is 3. The second-order valence-corrected chi connectivity index (χ2v) is 7.11. The van der Waals surface area contributed by atoms with Gasteiger partial charge in [0.15, 0.2) is 0 Å². The predicted molar refractivity (Wildman–Crippen MR) is 108 cm³/mol. The molecule has 2 aromatic carbocycles. The van der Waals surface area contributed by atoms with Crippen LogP contribution in [0.5, 0.6) is 0 Å². The summed E-state index contributed by atoms with van der Waals surface area (Å²) in [7, 11) is 2.06. The van der Waals surface area contributed by atoms with E-state index in [1.54, 1.807) is 17.1 Å². The van der Waals surface area contributed by atoms with Crippen molar-refractivity contribution in [1.82, 2.24) is 19.7 Å². The number of benzene rings is 2. The first-order chi connectivity index (χ1) is 13.5. The normalized spacial score (nSPS) is 12.6. The van der Waals surface area contributed by atoms with Gasteiger partial charge in [0.05, 0.1) is 5.69 Å². The maximum atomic E-state index is 12.0. The topological polar surface area (TPSA) is 64.2 Å². The molecular formula is C22H22N4O2. The Hall–Kier alpha value is -3.25. The third-order valence-electron chi connectivity index (χ3n) is 5.13. The molecule has 0 aliphatic rings. The van der Waals surface area contributed by atoms with E-state index in [1.807, 2.05) is 37.3 Å². The van der Waals surface area contributed by atoms with E-state index in [9.17, 15) is 4.79 Å². The lowest BCUT2D eigenvalue weighted by molar-refractivity contribution is 0.253. The number of nitrogens with zero attached hydrogens (tertiary/aromatic N) is 4. The highest BCUT2D eigenvalue weighted by Crippen LogP contribution is 2.25. The number of rotatable bonds is 5.